The standard InChI is InChI=1S/C25H24N2O5S/c1-15-13-27(14-19(15)24(29)30)23(28)22-12-26-25(33-22)31-18-8-10-21-17(11-18)7-9-20(32-21)16-5-3-2-4-6-16/h2-6,8,10-12,15,19-20H,7,9,13-14H2,1H3,(H,29,30). The fraction of sp³-hybridized carbons (Fsp3) is 0.320. The summed E-state index contributed by atoms with van der Waals surface area (Å²) in [5.74, 6) is -0.175. The average Bonchev–Trinajstić information content (AvgIpc) is 3.45. The van der Waals surface area contributed by atoms with E-state index < -0.39 is 11.9 Å². The van der Waals surface area contributed by atoms with Crippen LogP contribution >= 0.6 is 11.3 Å². The van der Waals surface area contributed by atoms with E-state index in [-0.39, 0.29) is 24.5 Å². The Bertz CT molecular complexity index is 1180. The fourth-order valence-electron chi connectivity index (χ4n) is 4.45. The second kappa shape index (κ2) is 8.86. The number of nitrogens with zero attached hydrogens (tertiary/aromatic N) is 2. The van der Waals surface area contributed by atoms with Crippen molar-refractivity contribution in [2.45, 2.75) is 25.9 Å². The maximum atomic E-state index is 12.8. The lowest BCUT2D eigenvalue weighted by atomic mass is 9.97. The Morgan fingerprint density at radius 2 is 2.00 bits per heavy atom. The molecule has 0 bridgehead atoms. The third kappa shape index (κ3) is 4.43. The smallest absolute Gasteiger partial charge is 0.308 e. The van der Waals surface area contributed by atoms with Gasteiger partial charge in [0.15, 0.2) is 0 Å². The first-order valence-electron chi connectivity index (χ1n) is 11.0. The van der Waals surface area contributed by atoms with E-state index in [0.717, 1.165) is 24.2 Å². The molecule has 8 heteroatoms. The molecule has 0 aliphatic carbocycles. The SMILES string of the molecule is CC1CN(C(=O)c2cnc(Oc3ccc4c(c3)CCC(c3ccccc3)O4)s2)CC1C(=O)O. The van der Waals surface area contributed by atoms with Crippen molar-refractivity contribution in [2.24, 2.45) is 11.8 Å². The Hall–Kier alpha value is -3.39. The quantitative estimate of drug-likeness (QED) is 0.584. The summed E-state index contributed by atoms with van der Waals surface area (Å²) in [5, 5.41) is 9.68. The van der Waals surface area contributed by atoms with Gasteiger partial charge in [-0.05, 0) is 48.1 Å². The van der Waals surface area contributed by atoms with Crippen molar-refractivity contribution >= 4 is 23.2 Å². The molecule has 3 atom stereocenters. The molecule has 2 aromatic carbocycles. The van der Waals surface area contributed by atoms with Crippen molar-refractivity contribution in [1.29, 1.82) is 0 Å². The molecule has 1 amide bonds. The van der Waals surface area contributed by atoms with Gasteiger partial charge >= 0.3 is 5.97 Å². The maximum absolute atomic E-state index is 12.8. The Kier molecular flexibility index (Phi) is 5.76. The van der Waals surface area contributed by atoms with Crippen molar-refractivity contribution in [2.75, 3.05) is 13.1 Å². The Morgan fingerprint density at radius 1 is 1.18 bits per heavy atom. The first-order chi connectivity index (χ1) is 16.0. The van der Waals surface area contributed by atoms with Gasteiger partial charge < -0.3 is 19.5 Å². The molecule has 33 heavy (non-hydrogen) atoms. The summed E-state index contributed by atoms with van der Waals surface area (Å²) in [5.41, 5.74) is 2.25. The first kappa shape index (κ1) is 21.5. The molecular formula is C25H24N2O5S. The predicted octanol–water partition coefficient (Wildman–Crippen LogP) is 4.79. The number of carboxylic acids is 1. The van der Waals surface area contributed by atoms with Crippen molar-refractivity contribution in [1.82, 2.24) is 9.88 Å². The van der Waals surface area contributed by atoms with Crippen molar-refractivity contribution in [3.8, 4) is 16.7 Å². The number of rotatable bonds is 5. The lowest BCUT2D eigenvalue weighted by Crippen LogP contribution is -2.29. The summed E-state index contributed by atoms with van der Waals surface area (Å²) < 4.78 is 12.1. The van der Waals surface area contributed by atoms with E-state index in [4.69, 9.17) is 9.47 Å². The van der Waals surface area contributed by atoms with Crippen LogP contribution in [0.1, 0.15) is 40.2 Å². The number of benzene rings is 2. The monoisotopic (exact) mass is 464 g/mol. The number of fused-ring (bicyclic) bond motifs is 1. The number of carbonyl (C=O) groups excluding carboxylic acids is 1. The fourth-order valence-corrected chi connectivity index (χ4v) is 5.20. The zero-order chi connectivity index (χ0) is 22.9. The number of aromatic nitrogens is 1. The van der Waals surface area contributed by atoms with Crippen molar-refractivity contribution < 1.29 is 24.2 Å². The molecule has 5 rings (SSSR count). The van der Waals surface area contributed by atoms with E-state index in [1.807, 2.05) is 43.3 Å². The second-order valence-corrected chi connectivity index (χ2v) is 9.54. The maximum Gasteiger partial charge on any atom is 0.308 e. The van der Waals surface area contributed by atoms with E-state index in [1.165, 1.54) is 23.1 Å². The zero-order valence-corrected chi connectivity index (χ0v) is 19.0. The predicted molar refractivity (Wildman–Crippen MR) is 123 cm³/mol. The second-order valence-electron chi connectivity index (χ2n) is 8.55. The van der Waals surface area contributed by atoms with Gasteiger partial charge in [-0.25, -0.2) is 4.98 Å². The Labute approximate surface area is 195 Å². The van der Waals surface area contributed by atoms with Gasteiger partial charge in [-0.2, -0.15) is 0 Å². The Morgan fingerprint density at radius 3 is 2.76 bits per heavy atom. The molecule has 1 fully saturated rings. The largest absolute Gasteiger partial charge is 0.485 e. The number of ether oxygens (including phenoxy) is 2. The van der Waals surface area contributed by atoms with Crippen LogP contribution in [-0.2, 0) is 11.2 Å². The van der Waals surface area contributed by atoms with Gasteiger partial charge in [-0.3, -0.25) is 9.59 Å². The highest BCUT2D eigenvalue weighted by Crippen LogP contribution is 2.38. The molecule has 1 aromatic heterocycles. The van der Waals surface area contributed by atoms with Gasteiger partial charge in [0.05, 0.1) is 12.1 Å². The van der Waals surface area contributed by atoms with Crippen LogP contribution in [0.25, 0.3) is 0 Å². The summed E-state index contributed by atoms with van der Waals surface area (Å²) in [7, 11) is 0. The molecule has 3 aromatic rings. The topological polar surface area (TPSA) is 89.0 Å². The van der Waals surface area contributed by atoms with E-state index in [2.05, 4.69) is 17.1 Å². The van der Waals surface area contributed by atoms with Gasteiger partial charge in [0.1, 0.15) is 22.5 Å². The van der Waals surface area contributed by atoms with Crippen LogP contribution < -0.4 is 9.47 Å². The third-order valence-corrected chi connectivity index (χ3v) is 7.13. The van der Waals surface area contributed by atoms with Crippen LogP contribution in [0.3, 0.4) is 0 Å². The number of aryl methyl sites for hydroxylation is 1. The summed E-state index contributed by atoms with van der Waals surface area (Å²) in [6, 6.07) is 15.9. The van der Waals surface area contributed by atoms with Crippen LogP contribution in [0.2, 0.25) is 0 Å². The molecule has 0 saturated carbocycles. The minimum absolute atomic E-state index is 0.0482. The minimum Gasteiger partial charge on any atom is -0.485 e. The molecule has 7 nitrogen and oxygen atoms in total. The molecule has 2 aliphatic heterocycles. The van der Waals surface area contributed by atoms with Gasteiger partial charge in [-0.15, -0.1) is 0 Å². The average molecular weight is 465 g/mol. The van der Waals surface area contributed by atoms with Crippen LogP contribution in [0.15, 0.2) is 54.7 Å². The highest BCUT2D eigenvalue weighted by molar-refractivity contribution is 7.15. The number of aliphatic carboxylic acids is 1. The van der Waals surface area contributed by atoms with Crippen LogP contribution in [0.4, 0.5) is 0 Å². The van der Waals surface area contributed by atoms with E-state index >= 15 is 0 Å². The summed E-state index contributed by atoms with van der Waals surface area (Å²) >= 11 is 1.17. The molecule has 0 spiro atoms. The molecule has 3 heterocycles. The molecule has 170 valence electrons. The van der Waals surface area contributed by atoms with Gasteiger partial charge in [0.25, 0.3) is 11.1 Å². The third-order valence-electron chi connectivity index (χ3n) is 6.27. The molecule has 3 unspecified atom stereocenters. The van der Waals surface area contributed by atoms with Gasteiger partial charge in [0.2, 0.25) is 0 Å². The highest BCUT2D eigenvalue weighted by Gasteiger charge is 2.37. The first-order valence-corrected chi connectivity index (χ1v) is 11.8. The number of carbonyl (C=O) groups is 2. The molecular weight excluding hydrogens is 440 g/mol. The number of carboxylic acid groups (broad SMARTS) is 1. The van der Waals surface area contributed by atoms with E-state index in [9.17, 15) is 14.7 Å². The van der Waals surface area contributed by atoms with E-state index in [0.29, 0.717) is 22.4 Å². The lowest BCUT2D eigenvalue weighted by Gasteiger charge is -2.26. The molecule has 2 aliphatic rings. The summed E-state index contributed by atoms with van der Waals surface area (Å²) in [6.45, 7) is 2.51. The van der Waals surface area contributed by atoms with Gasteiger partial charge in [-0.1, -0.05) is 48.6 Å². The van der Waals surface area contributed by atoms with Crippen molar-refractivity contribution in [3.05, 3.63) is 70.7 Å². The van der Waals surface area contributed by atoms with Gasteiger partial charge in [0, 0.05) is 13.1 Å². The summed E-state index contributed by atoms with van der Waals surface area (Å²) in [4.78, 5) is 30.4. The normalized spacial score (nSPS) is 21.8. The van der Waals surface area contributed by atoms with Crippen LogP contribution in [0, 0.1) is 11.8 Å². The molecule has 0 radical (unpaired) electrons. The number of hydrogen-bond acceptors (Lipinski definition) is 6. The van der Waals surface area contributed by atoms with Crippen LogP contribution in [0.5, 0.6) is 16.7 Å². The lowest BCUT2D eigenvalue weighted by molar-refractivity contribution is -0.142. The Balaban J connectivity index is 1.24. The molecule has 1 N–H and O–H groups in total. The minimum atomic E-state index is -0.863. The number of hydrogen-bond donors (Lipinski definition) is 1. The number of thiazole rings is 1. The number of amides is 1. The van der Waals surface area contributed by atoms with Crippen molar-refractivity contribution in [3.63, 3.8) is 0 Å². The van der Waals surface area contributed by atoms with Crippen LogP contribution in [-0.4, -0.2) is 40.0 Å². The van der Waals surface area contributed by atoms with E-state index in [1.54, 1.807) is 4.90 Å². The summed E-state index contributed by atoms with van der Waals surface area (Å²) in [6.07, 6.45) is 3.31. The highest BCUT2D eigenvalue weighted by atomic mass is 32.1. The molecule has 1 saturated heterocycles. The zero-order valence-electron chi connectivity index (χ0n) is 18.1. The number of likely N-dealkylation sites (tertiary alicyclic amines) is 1.